The number of hydrogen-bond acceptors (Lipinski definition) is 1. The quantitative estimate of drug-likeness (QED) is 0.715. The van der Waals surface area contributed by atoms with Crippen molar-refractivity contribution in [2.75, 3.05) is 6.54 Å². The lowest BCUT2D eigenvalue weighted by Gasteiger charge is -1.97. The monoisotopic (exact) mass is 248 g/mol. The maximum absolute atomic E-state index is 4.55. The first-order chi connectivity index (χ1) is 9.40. The van der Waals surface area contributed by atoms with Crippen LogP contribution < -0.4 is 5.36 Å². The van der Waals surface area contributed by atoms with Crippen LogP contribution in [0.15, 0.2) is 65.8 Å². The number of H-pyrrole nitrogens is 1. The van der Waals surface area contributed by atoms with Gasteiger partial charge in [0.25, 0.3) is 0 Å². The molecular weight excluding hydrogens is 232 g/mol. The van der Waals surface area contributed by atoms with Crippen LogP contribution in [0.1, 0.15) is 6.92 Å². The summed E-state index contributed by atoms with van der Waals surface area (Å²) in [4.78, 5) is 7.92. The van der Waals surface area contributed by atoms with E-state index < -0.39 is 0 Å². The SMILES string of the molecule is CCN=c1ccccc2c(-c3ccccc3)c[nH]c12. The number of benzene rings is 1. The molecule has 0 atom stereocenters. The van der Waals surface area contributed by atoms with Crippen LogP contribution in [-0.2, 0) is 0 Å². The Morgan fingerprint density at radius 2 is 1.68 bits per heavy atom. The fourth-order valence-electron chi connectivity index (χ4n) is 2.36. The van der Waals surface area contributed by atoms with Gasteiger partial charge in [0.2, 0.25) is 0 Å². The Bertz CT molecular complexity index is 755. The van der Waals surface area contributed by atoms with Crippen molar-refractivity contribution in [2.45, 2.75) is 6.92 Å². The molecule has 1 N–H and O–H groups in total. The van der Waals surface area contributed by atoms with Crippen molar-refractivity contribution >= 4 is 10.9 Å². The third-order valence-corrected chi connectivity index (χ3v) is 3.22. The Labute approximate surface area is 112 Å². The molecule has 1 heterocycles. The standard InChI is InChI=1S/C17H16N2/c1-2-18-16-11-7-6-10-14-15(12-19-17(14)16)13-8-4-3-5-9-13/h3-12,19H,2H2,1H3. The minimum atomic E-state index is 0.790. The fourth-order valence-corrected chi connectivity index (χ4v) is 2.36. The first-order valence-corrected chi connectivity index (χ1v) is 6.56. The van der Waals surface area contributed by atoms with E-state index in [1.807, 2.05) is 12.1 Å². The molecule has 0 unspecified atom stereocenters. The molecule has 0 bridgehead atoms. The Hall–Kier alpha value is -2.35. The summed E-state index contributed by atoms with van der Waals surface area (Å²) < 4.78 is 0. The van der Waals surface area contributed by atoms with E-state index >= 15 is 0 Å². The van der Waals surface area contributed by atoms with Crippen LogP contribution in [0.25, 0.3) is 22.0 Å². The second kappa shape index (κ2) is 5.11. The molecule has 0 saturated heterocycles. The van der Waals surface area contributed by atoms with Gasteiger partial charge in [0.1, 0.15) is 0 Å². The van der Waals surface area contributed by atoms with Gasteiger partial charge in [-0.2, -0.15) is 0 Å². The predicted molar refractivity (Wildman–Crippen MR) is 79.8 cm³/mol. The minimum Gasteiger partial charge on any atom is -0.359 e. The summed E-state index contributed by atoms with van der Waals surface area (Å²) in [7, 11) is 0. The maximum atomic E-state index is 4.55. The molecule has 0 aliphatic rings. The topological polar surface area (TPSA) is 28.1 Å². The molecule has 2 heteroatoms. The van der Waals surface area contributed by atoms with Gasteiger partial charge in [-0.05, 0) is 18.6 Å². The maximum Gasteiger partial charge on any atom is 0.0815 e. The number of rotatable bonds is 2. The zero-order valence-electron chi connectivity index (χ0n) is 10.9. The van der Waals surface area contributed by atoms with E-state index in [-0.39, 0.29) is 0 Å². The number of aromatic amines is 1. The third-order valence-electron chi connectivity index (χ3n) is 3.22. The molecule has 0 aliphatic carbocycles. The summed E-state index contributed by atoms with van der Waals surface area (Å²) in [6, 6.07) is 18.7. The lowest BCUT2D eigenvalue weighted by atomic mass is 10.1. The third kappa shape index (κ3) is 2.17. The first-order valence-electron chi connectivity index (χ1n) is 6.56. The van der Waals surface area contributed by atoms with E-state index in [0.717, 1.165) is 17.4 Å². The molecule has 0 amide bonds. The van der Waals surface area contributed by atoms with Crippen molar-refractivity contribution < 1.29 is 0 Å². The second-order valence-corrected chi connectivity index (χ2v) is 4.43. The highest BCUT2D eigenvalue weighted by atomic mass is 14.7. The number of nitrogens with one attached hydrogen (secondary N) is 1. The van der Waals surface area contributed by atoms with E-state index in [0.29, 0.717) is 0 Å². The smallest absolute Gasteiger partial charge is 0.0815 e. The molecule has 1 aromatic heterocycles. The summed E-state index contributed by atoms with van der Waals surface area (Å²) in [5, 5.41) is 2.23. The molecule has 94 valence electrons. The van der Waals surface area contributed by atoms with Gasteiger partial charge in [-0.1, -0.05) is 48.5 Å². The number of fused-ring (bicyclic) bond motifs is 1. The first kappa shape index (κ1) is 11.7. The van der Waals surface area contributed by atoms with Gasteiger partial charge in [0.05, 0.1) is 10.9 Å². The summed E-state index contributed by atoms with van der Waals surface area (Å²) in [5.74, 6) is 0. The molecule has 0 aliphatic heterocycles. The van der Waals surface area contributed by atoms with Crippen molar-refractivity contribution in [3.05, 3.63) is 66.2 Å². The van der Waals surface area contributed by atoms with Gasteiger partial charge in [0.15, 0.2) is 0 Å². The van der Waals surface area contributed by atoms with Crippen LogP contribution in [0.2, 0.25) is 0 Å². The molecule has 2 nitrogen and oxygen atoms in total. The Balaban J connectivity index is 2.34. The molecule has 0 fully saturated rings. The van der Waals surface area contributed by atoms with Gasteiger partial charge < -0.3 is 4.98 Å². The van der Waals surface area contributed by atoms with Gasteiger partial charge in [0, 0.05) is 23.7 Å². The lowest BCUT2D eigenvalue weighted by Crippen LogP contribution is -1.99. The van der Waals surface area contributed by atoms with E-state index in [4.69, 9.17) is 0 Å². The van der Waals surface area contributed by atoms with E-state index in [1.165, 1.54) is 16.5 Å². The molecule has 3 rings (SSSR count). The van der Waals surface area contributed by atoms with E-state index in [2.05, 4.69) is 65.6 Å². The van der Waals surface area contributed by atoms with Crippen LogP contribution in [0.5, 0.6) is 0 Å². The molecule has 0 radical (unpaired) electrons. The predicted octanol–water partition coefficient (Wildman–Crippen LogP) is 3.76. The largest absolute Gasteiger partial charge is 0.359 e. The highest BCUT2D eigenvalue weighted by Gasteiger charge is 2.05. The van der Waals surface area contributed by atoms with Gasteiger partial charge in [-0.25, -0.2) is 0 Å². The average Bonchev–Trinajstić information content (AvgIpc) is 2.77. The van der Waals surface area contributed by atoms with Crippen molar-refractivity contribution in [3.8, 4) is 11.1 Å². The zero-order chi connectivity index (χ0) is 13.1. The summed E-state index contributed by atoms with van der Waals surface area (Å²) >= 11 is 0. The zero-order valence-corrected chi connectivity index (χ0v) is 10.9. The Kier molecular flexibility index (Phi) is 3.15. The van der Waals surface area contributed by atoms with Crippen LogP contribution >= 0.6 is 0 Å². The summed E-state index contributed by atoms with van der Waals surface area (Å²) in [5.41, 5.74) is 3.55. The van der Waals surface area contributed by atoms with Crippen molar-refractivity contribution in [3.63, 3.8) is 0 Å². The van der Waals surface area contributed by atoms with Crippen LogP contribution in [0.3, 0.4) is 0 Å². The van der Waals surface area contributed by atoms with Gasteiger partial charge >= 0.3 is 0 Å². The van der Waals surface area contributed by atoms with Crippen molar-refractivity contribution in [2.24, 2.45) is 4.99 Å². The average molecular weight is 248 g/mol. The van der Waals surface area contributed by atoms with Crippen molar-refractivity contribution in [1.82, 2.24) is 4.98 Å². The van der Waals surface area contributed by atoms with Crippen LogP contribution in [0, 0.1) is 0 Å². The second-order valence-electron chi connectivity index (χ2n) is 4.43. The number of aromatic nitrogens is 1. The molecule has 3 aromatic rings. The minimum absolute atomic E-state index is 0.790. The fraction of sp³-hybridized carbons (Fsp3) is 0.118. The molecule has 19 heavy (non-hydrogen) atoms. The highest BCUT2D eigenvalue weighted by molar-refractivity contribution is 5.94. The lowest BCUT2D eigenvalue weighted by molar-refractivity contribution is 1.07. The molecule has 2 aromatic carbocycles. The summed E-state index contributed by atoms with van der Waals surface area (Å²) in [6.07, 6.45) is 2.06. The molecule has 0 saturated carbocycles. The number of hydrogen-bond donors (Lipinski definition) is 1. The molecule has 0 spiro atoms. The van der Waals surface area contributed by atoms with E-state index in [9.17, 15) is 0 Å². The van der Waals surface area contributed by atoms with Crippen LogP contribution in [0.4, 0.5) is 0 Å². The summed E-state index contributed by atoms with van der Waals surface area (Å²) in [6.45, 7) is 2.85. The van der Waals surface area contributed by atoms with Gasteiger partial charge in [-0.15, -0.1) is 0 Å². The van der Waals surface area contributed by atoms with Crippen molar-refractivity contribution in [1.29, 1.82) is 0 Å². The normalized spacial score (nSPS) is 11.9. The van der Waals surface area contributed by atoms with Crippen LogP contribution in [-0.4, -0.2) is 11.5 Å². The Morgan fingerprint density at radius 1 is 0.947 bits per heavy atom. The van der Waals surface area contributed by atoms with Gasteiger partial charge in [-0.3, -0.25) is 4.99 Å². The number of nitrogens with zero attached hydrogens (tertiary/aromatic N) is 1. The molecular formula is C17H16N2. The van der Waals surface area contributed by atoms with E-state index in [1.54, 1.807) is 0 Å². The Morgan fingerprint density at radius 3 is 2.47 bits per heavy atom. The highest BCUT2D eigenvalue weighted by Crippen LogP contribution is 2.26.